The van der Waals surface area contributed by atoms with Gasteiger partial charge >= 0.3 is 0 Å². The fraction of sp³-hybridized carbons (Fsp3) is 0.706. The standard InChI is InChI=1S/C17H26N4O/c1-13-15(2-5-18-13)17(22)21-10-8-20(9-11-21)16-12-19-6-3-14(16)4-7-19/h2,5,14,16,18H,3-4,6-12H2,1H3/t16-/m1/s1. The van der Waals surface area contributed by atoms with E-state index in [9.17, 15) is 4.79 Å². The third-order valence-corrected chi connectivity index (χ3v) is 5.88. The van der Waals surface area contributed by atoms with Crippen molar-refractivity contribution in [1.82, 2.24) is 19.7 Å². The highest BCUT2D eigenvalue weighted by molar-refractivity contribution is 5.95. The Hall–Kier alpha value is -1.33. The lowest BCUT2D eigenvalue weighted by Gasteiger charge is -2.51. The number of amides is 1. The molecule has 5 nitrogen and oxygen atoms in total. The number of nitrogens with zero attached hydrogens (tertiary/aromatic N) is 3. The van der Waals surface area contributed by atoms with Gasteiger partial charge in [0.1, 0.15) is 0 Å². The van der Waals surface area contributed by atoms with Crippen LogP contribution in [0.5, 0.6) is 0 Å². The monoisotopic (exact) mass is 302 g/mol. The molecule has 1 amide bonds. The molecule has 0 radical (unpaired) electrons. The smallest absolute Gasteiger partial charge is 0.255 e. The molecule has 1 aromatic heterocycles. The topological polar surface area (TPSA) is 42.6 Å². The van der Waals surface area contributed by atoms with Crippen LogP contribution in [0.2, 0.25) is 0 Å². The van der Waals surface area contributed by atoms with Gasteiger partial charge in [0.05, 0.1) is 5.56 Å². The zero-order valence-corrected chi connectivity index (χ0v) is 13.4. The predicted molar refractivity (Wildman–Crippen MR) is 86.0 cm³/mol. The third kappa shape index (κ3) is 2.46. The number of hydrogen-bond donors (Lipinski definition) is 1. The molecule has 0 spiro atoms. The molecular formula is C17H26N4O. The molecule has 5 heteroatoms. The Morgan fingerprint density at radius 1 is 1.14 bits per heavy atom. The zero-order valence-electron chi connectivity index (χ0n) is 13.4. The summed E-state index contributed by atoms with van der Waals surface area (Å²) in [5.74, 6) is 1.08. The van der Waals surface area contributed by atoms with Crippen LogP contribution in [-0.2, 0) is 0 Å². The number of nitrogens with one attached hydrogen (secondary N) is 1. The van der Waals surface area contributed by atoms with Crippen molar-refractivity contribution < 1.29 is 4.79 Å². The Balaban J connectivity index is 1.37. The van der Waals surface area contributed by atoms with Crippen LogP contribution < -0.4 is 0 Å². The van der Waals surface area contributed by atoms with Gasteiger partial charge in [-0.1, -0.05) is 0 Å². The molecule has 22 heavy (non-hydrogen) atoms. The van der Waals surface area contributed by atoms with Crippen LogP contribution in [0, 0.1) is 12.8 Å². The summed E-state index contributed by atoms with van der Waals surface area (Å²) in [6.07, 6.45) is 4.59. The van der Waals surface area contributed by atoms with Crippen LogP contribution in [-0.4, -0.2) is 77.4 Å². The number of aromatic amines is 1. The van der Waals surface area contributed by atoms with Gasteiger partial charge in [-0.15, -0.1) is 0 Å². The Kier molecular flexibility index (Phi) is 3.70. The van der Waals surface area contributed by atoms with Crippen LogP contribution in [0.25, 0.3) is 0 Å². The van der Waals surface area contributed by atoms with Crippen LogP contribution in [0.15, 0.2) is 12.3 Å². The van der Waals surface area contributed by atoms with Gasteiger partial charge in [0.25, 0.3) is 5.91 Å². The molecule has 120 valence electrons. The van der Waals surface area contributed by atoms with Crippen molar-refractivity contribution in [1.29, 1.82) is 0 Å². The molecule has 1 aromatic rings. The Labute approximate surface area is 132 Å². The maximum absolute atomic E-state index is 12.6. The van der Waals surface area contributed by atoms with Gasteiger partial charge in [0, 0.05) is 50.7 Å². The first-order chi connectivity index (χ1) is 10.7. The highest BCUT2D eigenvalue weighted by atomic mass is 16.2. The highest BCUT2D eigenvalue weighted by Crippen LogP contribution is 2.31. The molecule has 1 N–H and O–H groups in total. The van der Waals surface area contributed by atoms with E-state index in [1.807, 2.05) is 24.1 Å². The minimum atomic E-state index is 0.187. The van der Waals surface area contributed by atoms with Gasteiger partial charge in [-0.25, -0.2) is 0 Å². The number of aryl methyl sites for hydroxylation is 1. The van der Waals surface area contributed by atoms with Crippen molar-refractivity contribution in [2.75, 3.05) is 45.8 Å². The van der Waals surface area contributed by atoms with E-state index < -0.39 is 0 Å². The molecule has 5 heterocycles. The number of piperidine rings is 3. The highest BCUT2D eigenvalue weighted by Gasteiger charge is 2.38. The minimum absolute atomic E-state index is 0.187. The number of hydrogen-bond acceptors (Lipinski definition) is 3. The molecule has 0 unspecified atom stereocenters. The van der Waals surface area contributed by atoms with Gasteiger partial charge in [-0.2, -0.15) is 0 Å². The van der Waals surface area contributed by atoms with Gasteiger partial charge in [0.15, 0.2) is 0 Å². The number of H-pyrrole nitrogens is 1. The number of rotatable bonds is 2. The molecule has 0 aliphatic carbocycles. The number of piperazine rings is 1. The SMILES string of the molecule is Cc1[nH]ccc1C(=O)N1CCN([C@@H]2CN3CCC2CC3)CC1. The van der Waals surface area contributed by atoms with Crippen molar-refractivity contribution in [2.45, 2.75) is 25.8 Å². The molecule has 4 saturated heterocycles. The molecular weight excluding hydrogens is 276 g/mol. The second kappa shape index (κ2) is 5.70. The quantitative estimate of drug-likeness (QED) is 0.892. The van der Waals surface area contributed by atoms with Gasteiger partial charge < -0.3 is 14.8 Å². The lowest BCUT2D eigenvalue weighted by atomic mass is 9.83. The zero-order chi connectivity index (χ0) is 15.1. The lowest BCUT2D eigenvalue weighted by Crippen LogP contribution is -2.61. The minimum Gasteiger partial charge on any atom is -0.365 e. The Bertz CT molecular complexity index is 539. The fourth-order valence-electron chi connectivity index (χ4n) is 4.46. The number of carbonyl (C=O) groups excluding carboxylic acids is 1. The van der Waals surface area contributed by atoms with Crippen LogP contribution in [0.1, 0.15) is 28.9 Å². The van der Waals surface area contributed by atoms with E-state index in [0.717, 1.165) is 49.4 Å². The molecule has 2 bridgehead atoms. The first-order valence-corrected chi connectivity index (χ1v) is 8.62. The maximum Gasteiger partial charge on any atom is 0.255 e. The summed E-state index contributed by atoms with van der Waals surface area (Å²) in [7, 11) is 0. The van der Waals surface area contributed by atoms with E-state index in [1.54, 1.807) is 0 Å². The fourth-order valence-corrected chi connectivity index (χ4v) is 4.46. The normalized spacial score (nSPS) is 32.4. The second-order valence-corrected chi connectivity index (χ2v) is 7.05. The summed E-state index contributed by atoms with van der Waals surface area (Å²) >= 11 is 0. The van der Waals surface area contributed by atoms with E-state index in [2.05, 4.69) is 14.8 Å². The summed E-state index contributed by atoms with van der Waals surface area (Å²) in [5.41, 5.74) is 1.81. The number of fused-ring (bicyclic) bond motifs is 3. The van der Waals surface area contributed by atoms with Crippen molar-refractivity contribution in [3.8, 4) is 0 Å². The average Bonchev–Trinajstić information content (AvgIpc) is 3.01. The summed E-state index contributed by atoms with van der Waals surface area (Å²) in [5, 5.41) is 0. The molecule has 4 aliphatic rings. The van der Waals surface area contributed by atoms with Gasteiger partial charge in [-0.05, 0) is 44.8 Å². The molecule has 4 aliphatic heterocycles. The predicted octanol–water partition coefficient (Wildman–Crippen LogP) is 1.18. The summed E-state index contributed by atoms with van der Waals surface area (Å²) in [4.78, 5) is 23.0. The van der Waals surface area contributed by atoms with Crippen molar-refractivity contribution in [3.05, 3.63) is 23.5 Å². The lowest BCUT2D eigenvalue weighted by molar-refractivity contribution is -0.0131. The third-order valence-electron chi connectivity index (χ3n) is 5.88. The van der Waals surface area contributed by atoms with E-state index >= 15 is 0 Å². The van der Waals surface area contributed by atoms with E-state index in [4.69, 9.17) is 0 Å². The molecule has 5 rings (SSSR count). The molecule has 0 saturated carbocycles. The Morgan fingerprint density at radius 3 is 2.41 bits per heavy atom. The van der Waals surface area contributed by atoms with Crippen molar-refractivity contribution >= 4 is 5.91 Å². The van der Waals surface area contributed by atoms with Crippen molar-refractivity contribution in [3.63, 3.8) is 0 Å². The first kappa shape index (κ1) is 14.3. The number of aromatic nitrogens is 1. The summed E-state index contributed by atoms with van der Waals surface area (Å²) < 4.78 is 0. The number of carbonyl (C=O) groups is 1. The first-order valence-electron chi connectivity index (χ1n) is 8.62. The van der Waals surface area contributed by atoms with E-state index in [-0.39, 0.29) is 5.91 Å². The van der Waals surface area contributed by atoms with Gasteiger partial charge in [-0.3, -0.25) is 9.69 Å². The molecule has 1 atom stereocenters. The Morgan fingerprint density at radius 2 is 1.86 bits per heavy atom. The molecule has 4 fully saturated rings. The van der Waals surface area contributed by atoms with E-state index in [0.29, 0.717) is 0 Å². The van der Waals surface area contributed by atoms with E-state index in [1.165, 1.54) is 32.5 Å². The average molecular weight is 302 g/mol. The second-order valence-electron chi connectivity index (χ2n) is 7.05. The maximum atomic E-state index is 12.6. The van der Waals surface area contributed by atoms with Crippen molar-refractivity contribution in [2.24, 2.45) is 5.92 Å². The largest absolute Gasteiger partial charge is 0.365 e. The van der Waals surface area contributed by atoms with Gasteiger partial charge in [0.2, 0.25) is 0 Å². The summed E-state index contributed by atoms with van der Waals surface area (Å²) in [6.45, 7) is 9.61. The van der Waals surface area contributed by atoms with Crippen LogP contribution in [0.3, 0.4) is 0 Å². The molecule has 0 aromatic carbocycles. The summed E-state index contributed by atoms with van der Waals surface area (Å²) in [6, 6.07) is 2.63. The van der Waals surface area contributed by atoms with Crippen LogP contribution >= 0.6 is 0 Å². The van der Waals surface area contributed by atoms with Crippen LogP contribution in [0.4, 0.5) is 0 Å².